The van der Waals surface area contributed by atoms with Gasteiger partial charge in [0.05, 0.1) is 43.7 Å². The van der Waals surface area contributed by atoms with Crippen LogP contribution in [-0.2, 0) is 37.9 Å². The summed E-state index contributed by atoms with van der Waals surface area (Å²) in [5, 5.41) is 110. The number of ether oxygens (including phenoxy) is 8. The number of fused-ring (bicyclic) bond motifs is 7. The van der Waals surface area contributed by atoms with E-state index in [-0.39, 0.29) is 23.2 Å². The first kappa shape index (κ1) is 47.1. The highest BCUT2D eigenvalue weighted by Gasteiger charge is 2.76. The normalized spacial score (nSPS) is 59.3. The summed E-state index contributed by atoms with van der Waals surface area (Å²) in [5.74, 6) is -0.417. The molecule has 27 unspecified atom stereocenters. The van der Waals surface area contributed by atoms with Gasteiger partial charge in [0.15, 0.2) is 24.7 Å². The zero-order valence-electron chi connectivity index (χ0n) is 37.2. The standard InChI is InChI=1S/C45H72O18/c1-18-17-56-44(15-27(18)47)21(4)45(55)29(63-44)14-26-24-8-7-22-13-23(9-11-42(22,5)25(24)10-12-43(26,45)6)59-41-38(62-40-35(53)33(51)31(49)20(3)58-40)36(54)37(28(16-46)60-41)61-39-34(52)32(50)30(48)19(2)57-39/h7,18-21,23-41,46-55H,8-17H2,1-6H3. The summed E-state index contributed by atoms with van der Waals surface area (Å²) in [6, 6.07) is 0. The first-order chi connectivity index (χ1) is 29.7. The van der Waals surface area contributed by atoms with Crippen molar-refractivity contribution < 1.29 is 89.0 Å². The van der Waals surface area contributed by atoms with E-state index >= 15 is 0 Å². The van der Waals surface area contributed by atoms with Gasteiger partial charge in [0.1, 0.15) is 66.6 Å². The molecule has 10 N–H and O–H groups in total. The molecule has 0 aromatic carbocycles. The van der Waals surface area contributed by atoms with Crippen LogP contribution in [0.15, 0.2) is 11.6 Å². The highest BCUT2D eigenvalue weighted by molar-refractivity contribution is 5.29. The van der Waals surface area contributed by atoms with Gasteiger partial charge in [-0.05, 0) is 82.0 Å². The number of aliphatic hydroxyl groups excluding tert-OH is 9. The molecule has 0 aromatic rings. The van der Waals surface area contributed by atoms with E-state index in [4.69, 9.17) is 37.9 Å². The molecule has 8 fully saturated rings. The van der Waals surface area contributed by atoms with E-state index in [1.54, 1.807) is 0 Å². The lowest BCUT2D eigenvalue weighted by Crippen LogP contribution is -2.66. The summed E-state index contributed by atoms with van der Waals surface area (Å²) in [4.78, 5) is 0. The molecular weight excluding hydrogens is 828 g/mol. The molecule has 18 nitrogen and oxygen atoms in total. The van der Waals surface area contributed by atoms with Gasteiger partial charge in [-0.25, -0.2) is 0 Å². The van der Waals surface area contributed by atoms with Crippen molar-refractivity contribution in [1.82, 2.24) is 0 Å². The van der Waals surface area contributed by atoms with Crippen molar-refractivity contribution in [3.8, 4) is 0 Å². The second kappa shape index (κ2) is 16.9. The molecule has 3 saturated carbocycles. The summed E-state index contributed by atoms with van der Waals surface area (Å²) in [6.45, 7) is 11.3. The third-order valence-electron chi connectivity index (χ3n) is 18.0. The van der Waals surface area contributed by atoms with Crippen LogP contribution in [0.25, 0.3) is 0 Å². The van der Waals surface area contributed by atoms with Crippen LogP contribution in [0.2, 0.25) is 0 Å². The van der Waals surface area contributed by atoms with Crippen LogP contribution in [-0.4, -0.2) is 186 Å². The predicted octanol–water partition coefficient (Wildman–Crippen LogP) is -0.673. The fourth-order valence-corrected chi connectivity index (χ4v) is 13.9. The first-order valence-corrected chi connectivity index (χ1v) is 23.4. The van der Waals surface area contributed by atoms with Crippen LogP contribution in [0.5, 0.6) is 0 Å². The van der Waals surface area contributed by atoms with Gasteiger partial charge in [-0.1, -0.05) is 39.3 Å². The lowest BCUT2D eigenvalue weighted by atomic mass is 9.46. The molecule has 0 amide bonds. The molecule has 18 heteroatoms. The Morgan fingerprint density at radius 2 is 1.35 bits per heavy atom. The Labute approximate surface area is 368 Å². The smallest absolute Gasteiger partial charge is 0.187 e. The first-order valence-electron chi connectivity index (χ1n) is 23.4. The van der Waals surface area contributed by atoms with Crippen LogP contribution in [0.3, 0.4) is 0 Å². The Hall–Kier alpha value is -0.980. The fourth-order valence-electron chi connectivity index (χ4n) is 13.9. The zero-order chi connectivity index (χ0) is 45.3. The number of hydrogen-bond acceptors (Lipinski definition) is 18. The zero-order valence-corrected chi connectivity index (χ0v) is 37.2. The van der Waals surface area contributed by atoms with Crippen molar-refractivity contribution in [2.75, 3.05) is 13.2 Å². The van der Waals surface area contributed by atoms with Crippen LogP contribution >= 0.6 is 0 Å². The van der Waals surface area contributed by atoms with E-state index < -0.39 is 134 Å². The lowest BCUT2D eigenvalue weighted by Gasteiger charge is -2.60. The van der Waals surface area contributed by atoms with E-state index in [9.17, 15) is 51.1 Å². The SMILES string of the molecule is CC1COC2(CC1O)OC1CC3C4CC=C5CC(OC6OC(CO)C(OC7OC(C)C(O)C(O)C7O)C(O)C6OC6OC(C)C(O)C(O)C6O)CCC5(C)C4CCC3(C)C1(O)C2C. The quantitative estimate of drug-likeness (QED) is 0.142. The molecule has 63 heavy (non-hydrogen) atoms. The largest absolute Gasteiger partial charge is 0.394 e. The van der Waals surface area contributed by atoms with Crippen LogP contribution in [0.4, 0.5) is 0 Å². The van der Waals surface area contributed by atoms with Gasteiger partial charge >= 0.3 is 0 Å². The summed E-state index contributed by atoms with van der Waals surface area (Å²) in [7, 11) is 0. The molecule has 9 rings (SSSR count). The molecule has 27 atom stereocenters. The van der Waals surface area contributed by atoms with Crippen LogP contribution in [0, 0.1) is 40.4 Å². The van der Waals surface area contributed by atoms with E-state index in [0.29, 0.717) is 37.7 Å². The number of aliphatic hydroxyl groups is 10. The molecule has 5 saturated heterocycles. The fraction of sp³-hybridized carbons (Fsp3) is 0.956. The maximum atomic E-state index is 12.8. The minimum atomic E-state index is -1.73. The van der Waals surface area contributed by atoms with Crippen LogP contribution in [0.1, 0.15) is 92.9 Å². The summed E-state index contributed by atoms with van der Waals surface area (Å²) < 4.78 is 49.6. The molecule has 360 valence electrons. The summed E-state index contributed by atoms with van der Waals surface area (Å²) >= 11 is 0. The molecule has 9 aliphatic rings. The van der Waals surface area contributed by atoms with Crippen molar-refractivity contribution in [2.45, 2.75) is 215 Å². The average Bonchev–Trinajstić information content (AvgIpc) is 3.61. The topological polar surface area (TPSA) is 276 Å². The monoisotopic (exact) mass is 900 g/mol. The molecule has 0 bridgehead atoms. The van der Waals surface area contributed by atoms with Gasteiger partial charge in [0.25, 0.3) is 0 Å². The molecule has 0 radical (unpaired) electrons. The number of hydrogen-bond donors (Lipinski definition) is 10. The molecule has 1 spiro atoms. The Morgan fingerprint density at radius 1 is 0.714 bits per heavy atom. The molecule has 5 aliphatic heterocycles. The van der Waals surface area contributed by atoms with Gasteiger partial charge < -0.3 is 89.0 Å². The van der Waals surface area contributed by atoms with E-state index in [1.165, 1.54) is 19.4 Å². The lowest BCUT2D eigenvalue weighted by molar-refractivity contribution is -0.388. The Bertz CT molecular complexity index is 1690. The molecule has 5 heterocycles. The Balaban J connectivity index is 0.924. The average molecular weight is 901 g/mol. The van der Waals surface area contributed by atoms with Gasteiger partial charge in [-0.3, -0.25) is 0 Å². The Morgan fingerprint density at radius 3 is 1.97 bits per heavy atom. The van der Waals surface area contributed by atoms with Crippen molar-refractivity contribution in [3.63, 3.8) is 0 Å². The van der Waals surface area contributed by atoms with Gasteiger partial charge in [0, 0.05) is 23.7 Å². The van der Waals surface area contributed by atoms with Crippen molar-refractivity contribution in [3.05, 3.63) is 11.6 Å². The van der Waals surface area contributed by atoms with Gasteiger partial charge in [-0.15, -0.1) is 0 Å². The second-order valence-corrected chi connectivity index (χ2v) is 21.3. The number of allylic oxidation sites excluding steroid dienone is 1. The van der Waals surface area contributed by atoms with E-state index in [2.05, 4.69) is 19.9 Å². The van der Waals surface area contributed by atoms with Crippen molar-refractivity contribution >= 4 is 0 Å². The minimum Gasteiger partial charge on any atom is -0.394 e. The highest BCUT2D eigenvalue weighted by Crippen LogP contribution is 2.72. The van der Waals surface area contributed by atoms with Gasteiger partial charge in [-0.2, -0.15) is 0 Å². The maximum absolute atomic E-state index is 12.8. The summed E-state index contributed by atoms with van der Waals surface area (Å²) in [6.07, 6.45) is -15.3. The Kier molecular flexibility index (Phi) is 12.6. The predicted molar refractivity (Wildman–Crippen MR) is 216 cm³/mol. The minimum absolute atomic E-state index is 0.000831. The third-order valence-corrected chi connectivity index (χ3v) is 18.0. The highest BCUT2D eigenvalue weighted by atomic mass is 16.8. The summed E-state index contributed by atoms with van der Waals surface area (Å²) in [5.41, 5.74) is -0.392. The molecule has 0 aromatic heterocycles. The molecular formula is C45H72O18. The van der Waals surface area contributed by atoms with Crippen LogP contribution < -0.4 is 0 Å². The molecule has 4 aliphatic carbocycles. The number of rotatable bonds is 7. The maximum Gasteiger partial charge on any atom is 0.187 e. The van der Waals surface area contributed by atoms with Crippen molar-refractivity contribution in [2.24, 2.45) is 40.4 Å². The van der Waals surface area contributed by atoms with Crippen molar-refractivity contribution in [1.29, 1.82) is 0 Å². The van der Waals surface area contributed by atoms with E-state index in [1.807, 2.05) is 13.8 Å². The van der Waals surface area contributed by atoms with E-state index in [0.717, 1.165) is 32.1 Å². The third kappa shape index (κ3) is 7.27. The second-order valence-electron chi connectivity index (χ2n) is 21.3. The van der Waals surface area contributed by atoms with Gasteiger partial charge in [0.2, 0.25) is 0 Å².